The van der Waals surface area contributed by atoms with Crippen LogP contribution in [0.3, 0.4) is 0 Å². The van der Waals surface area contributed by atoms with Crippen LogP contribution in [0.15, 0.2) is 101 Å². The molecule has 2 heterocycles. The molecule has 0 saturated heterocycles. The molecule has 3 aromatic carbocycles. The Hall–Kier alpha value is -4.21. The summed E-state index contributed by atoms with van der Waals surface area (Å²) < 4.78 is 6.60. The van der Waals surface area contributed by atoms with Gasteiger partial charge in [0.25, 0.3) is 5.91 Å². The van der Waals surface area contributed by atoms with Crippen LogP contribution in [0.25, 0.3) is 6.08 Å². The van der Waals surface area contributed by atoms with Gasteiger partial charge in [-0.05, 0) is 48.2 Å². The van der Waals surface area contributed by atoms with Crippen molar-refractivity contribution in [2.45, 2.75) is 55.7 Å². The first kappa shape index (κ1) is 31.2. The lowest BCUT2D eigenvalue weighted by Gasteiger charge is -2.24. The molecule has 0 radical (unpaired) electrons. The molecular weight excluding hydrogens is 591 g/mol. The van der Waals surface area contributed by atoms with Crippen LogP contribution in [0.2, 0.25) is 0 Å². The van der Waals surface area contributed by atoms with Gasteiger partial charge in [0.2, 0.25) is 5.13 Å². The second kappa shape index (κ2) is 15.0. The SMILES string of the molecule is CCCCCCOc1ccc(C2C(C(=O)/C=C/c3ccccc3)=C(O)C(=O)N2c2nnc(SCc3ccc(C)cc3)s2)cc1. The first-order chi connectivity index (χ1) is 21.4. The molecule has 1 aliphatic heterocycles. The van der Waals surface area contributed by atoms with Crippen molar-refractivity contribution in [2.75, 3.05) is 11.5 Å². The number of nitrogens with zero attached hydrogens (tertiary/aromatic N) is 3. The van der Waals surface area contributed by atoms with Gasteiger partial charge in [-0.15, -0.1) is 10.2 Å². The van der Waals surface area contributed by atoms with Crippen LogP contribution >= 0.6 is 23.1 Å². The molecule has 1 amide bonds. The van der Waals surface area contributed by atoms with E-state index in [1.807, 2.05) is 61.5 Å². The number of benzene rings is 3. The summed E-state index contributed by atoms with van der Waals surface area (Å²) in [7, 11) is 0. The lowest BCUT2D eigenvalue weighted by molar-refractivity contribution is -0.117. The van der Waals surface area contributed by atoms with E-state index in [-0.39, 0.29) is 5.57 Å². The second-order valence-electron chi connectivity index (χ2n) is 10.6. The number of aryl methyl sites for hydroxylation is 1. The molecular formula is C35H35N3O4S2. The molecule has 1 aliphatic rings. The van der Waals surface area contributed by atoms with Crippen LogP contribution in [-0.4, -0.2) is 33.6 Å². The Kier molecular flexibility index (Phi) is 10.6. The van der Waals surface area contributed by atoms with E-state index < -0.39 is 23.5 Å². The number of thioether (sulfide) groups is 1. The van der Waals surface area contributed by atoms with Crippen molar-refractivity contribution < 1.29 is 19.4 Å². The Morgan fingerprint density at radius 2 is 1.75 bits per heavy atom. The highest BCUT2D eigenvalue weighted by atomic mass is 32.2. The molecule has 7 nitrogen and oxygen atoms in total. The quantitative estimate of drug-likeness (QED) is 0.0652. The van der Waals surface area contributed by atoms with Crippen molar-refractivity contribution in [3.8, 4) is 5.75 Å². The summed E-state index contributed by atoms with van der Waals surface area (Å²) in [6, 6.07) is 24.1. The number of anilines is 1. The fraction of sp³-hybridized carbons (Fsp3) is 0.257. The van der Waals surface area contributed by atoms with Crippen LogP contribution in [0.5, 0.6) is 5.75 Å². The van der Waals surface area contributed by atoms with Gasteiger partial charge in [-0.25, -0.2) is 0 Å². The minimum Gasteiger partial charge on any atom is -0.503 e. The maximum absolute atomic E-state index is 13.6. The highest BCUT2D eigenvalue weighted by Crippen LogP contribution is 2.43. The third-order valence-corrected chi connectivity index (χ3v) is 9.37. The minimum atomic E-state index is -0.878. The number of ether oxygens (including phenoxy) is 1. The molecule has 0 saturated carbocycles. The number of aliphatic hydroxyl groups excluding tert-OH is 1. The number of ketones is 1. The van der Waals surface area contributed by atoms with Gasteiger partial charge >= 0.3 is 0 Å². The fourth-order valence-electron chi connectivity index (χ4n) is 4.85. The van der Waals surface area contributed by atoms with E-state index in [1.165, 1.54) is 46.1 Å². The van der Waals surface area contributed by atoms with E-state index in [9.17, 15) is 14.7 Å². The van der Waals surface area contributed by atoms with E-state index >= 15 is 0 Å². The topological polar surface area (TPSA) is 92.6 Å². The lowest BCUT2D eigenvalue weighted by Crippen LogP contribution is -2.30. The number of carbonyl (C=O) groups excluding carboxylic acids is 2. The van der Waals surface area contributed by atoms with Crippen molar-refractivity contribution in [2.24, 2.45) is 0 Å². The van der Waals surface area contributed by atoms with Crippen LogP contribution < -0.4 is 9.64 Å². The monoisotopic (exact) mass is 625 g/mol. The van der Waals surface area contributed by atoms with Crippen LogP contribution in [-0.2, 0) is 15.3 Å². The maximum Gasteiger partial charge on any atom is 0.296 e. The zero-order valence-corrected chi connectivity index (χ0v) is 26.4. The summed E-state index contributed by atoms with van der Waals surface area (Å²) in [5.41, 5.74) is 3.83. The molecule has 1 aromatic heterocycles. The molecule has 9 heteroatoms. The van der Waals surface area contributed by atoms with E-state index in [4.69, 9.17) is 4.74 Å². The Morgan fingerprint density at radius 1 is 1.00 bits per heavy atom. The predicted molar refractivity (Wildman–Crippen MR) is 177 cm³/mol. The number of amides is 1. The summed E-state index contributed by atoms with van der Waals surface area (Å²) in [6.45, 7) is 4.84. The van der Waals surface area contributed by atoms with Crippen molar-refractivity contribution >= 4 is 46.0 Å². The molecule has 4 aromatic rings. The number of aliphatic hydroxyl groups is 1. The van der Waals surface area contributed by atoms with Gasteiger partial charge in [0.15, 0.2) is 15.9 Å². The number of carbonyl (C=O) groups is 2. The zero-order valence-electron chi connectivity index (χ0n) is 24.8. The lowest BCUT2D eigenvalue weighted by atomic mass is 9.95. The molecule has 0 spiro atoms. The summed E-state index contributed by atoms with van der Waals surface area (Å²) in [5.74, 6) is -0.324. The maximum atomic E-state index is 13.6. The predicted octanol–water partition coefficient (Wildman–Crippen LogP) is 8.28. The van der Waals surface area contributed by atoms with Gasteiger partial charge in [0.05, 0.1) is 18.2 Å². The molecule has 226 valence electrons. The Morgan fingerprint density at radius 3 is 2.48 bits per heavy atom. The number of hydrogen-bond acceptors (Lipinski definition) is 8. The first-order valence-corrected chi connectivity index (χ1v) is 16.5. The van der Waals surface area contributed by atoms with Gasteiger partial charge in [-0.2, -0.15) is 0 Å². The fourth-order valence-corrected chi connectivity index (χ4v) is 6.67. The summed E-state index contributed by atoms with van der Waals surface area (Å²) in [5, 5.41) is 20.0. The zero-order chi connectivity index (χ0) is 30.9. The number of rotatable bonds is 14. The second-order valence-corrected chi connectivity index (χ2v) is 12.7. The molecule has 44 heavy (non-hydrogen) atoms. The Bertz CT molecular complexity index is 1630. The highest BCUT2D eigenvalue weighted by molar-refractivity contribution is 8.00. The van der Waals surface area contributed by atoms with Crippen molar-refractivity contribution in [3.05, 3.63) is 119 Å². The van der Waals surface area contributed by atoms with Crippen molar-refractivity contribution in [1.82, 2.24) is 10.2 Å². The summed E-state index contributed by atoms with van der Waals surface area (Å²) in [4.78, 5) is 28.5. The third kappa shape index (κ3) is 7.65. The first-order valence-electron chi connectivity index (χ1n) is 14.7. The minimum absolute atomic E-state index is 0.000487. The van der Waals surface area contributed by atoms with Crippen molar-refractivity contribution in [1.29, 1.82) is 0 Å². The standard InChI is InChI=1S/C35H35N3O4S2/c1-3-4-5-9-22-42-28-19-17-27(18-20-28)31-30(29(39)21-16-25-10-7-6-8-11-25)32(40)33(41)38(31)34-36-37-35(44-34)43-23-26-14-12-24(2)13-15-26/h6-8,10-21,31,40H,3-5,9,22-23H2,1-2H3/b21-16+. The van der Waals surface area contributed by atoms with E-state index in [0.29, 0.717) is 33.1 Å². The number of unbranched alkanes of at least 4 members (excludes halogenated alkanes) is 3. The largest absolute Gasteiger partial charge is 0.503 e. The Labute approximate surface area is 266 Å². The van der Waals surface area contributed by atoms with Gasteiger partial charge in [0.1, 0.15) is 5.75 Å². The summed E-state index contributed by atoms with van der Waals surface area (Å²) in [6.07, 6.45) is 7.50. The number of aromatic nitrogens is 2. The summed E-state index contributed by atoms with van der Waals surface area (Å²) >= 11 is 2.78. The molecule has 1 atom stereocenters. The van der Waals surface area contributed by atoms with E-state index in [1.54, 1.807) is 6.08 Å². The van der Waals surface area contributed by atoms with E-state index in [0.717, 1.165) is 30.4 Å². The van der Waals surface area contributed by atoms with E-state index in [2.05, 4.69) is 41.4 Å². The van der Waals surface area contributed by atoms with Gasteiger partial charge < -0.3 is 9.84 Å². The smallest absolute Gasteiger partial charge is 0.296 e. The van der Waals surface area contributed by atoms with Crippen LogP contribution in [0, 0.1) is 6.92 Å². The van der Waals surface area contributed by atoms with Crippen LogP contribution in [0.1, 0.15) is 60.9 Å². The Balaban J connectivity index is 1.40. The average Bonchev–Trinajstić information content (AvgIpc) is 3.62. The number of allylic oxidation sites excluding steroid dienone is 1. The van der Waals surface area contributed by atoms with Gasteiger partial charge in [-0.1, -0.05) is 128 Å². The van der Waals surface area contributed by atoms with Crippen molar-refractivity contribution in [3.63, 3.8) is 0 Å². The third-order valence-electron chi connectivity index (χ3n) is 7.25. The number of hydrogen-bond donors (Lipinski definition) is 1. The van der Waals surface area contributed by atoms with Gasteiger partial charge in [0, 0.05) is 5.75 Å². The van der Waals surface area contributed by atoms with Crippen LogP contribution in [0.4, 0.5) is 5.13 Å². The molecule has 0 fully saturated rings. The normalized spacial score (nSPS) is 15.0. The molecule has 0 bridgehead atoms. The molecule has 1 N–H and O–H groups in total. The van der Waals surface area contributed by atoms with Gasteiger partial charge in [-0.3, -0.25) is 14.5 Å². The molecule has 0 aliphatic carbocycles. The molecule has 1 unspecified atom stereocenters. The molecule has 5 rings (SSSR count). The highest BCUT2D eigenvalue weighted by Gasteiger charge is 2.45. The average molecular weight is 626 g/mol.